The Morgan fingerprint density at radius 1 is 1.26 bits per heavy atom. The van der Waals surface area contributed by atoms with Crippen molar-refractivity contribution in [1.29, 1.82) is 0 Å². The summed E-state index contributed by atoms with van der Waals surface area (Å²) in [5.41, 5.74) is -0.0160. The Morgan fingerprint density at radius 3 is 2.26 bits per heavy atom. The van der Waals surface area contributed by atoms with Crippen molar-refractivity contribution in [3.05, 3.63) is 0 Å². The number of ether oxygens (including phenoxy) is 2. The summed E-state index contributed by atoms with van der Waals surface area (Å²) in [7, 11) is 1.77. The van der Waals surface area contributed by atoms with Gasteiger partial charge in [-0.2, -0.15) is 0 Å². The number of halogens is 1. The van der Waals surface area contributed by atoms with E-state index in [4.69, 9.17) is 9.47 Å². The van der Waals surface area contributed by atoms with Gasteiger partial charge in [0.05, 0.1) is 17.8 Å². The Kier molecular flexibility index (Phi) is 6.82. The van der Waals surface area contributed by atoms with Gasteiger partial charge in [-0.15, -0.1) is 0 Å². The molecule has 114 valence electrons. The van der Waals surface area contributed by atoms with Gasteiger partial charge in [-0.05, 0) is 57.8 Å². The van der Waals surface area contributed by atoms with E-state index in [1.54, 1.807) is 7.11 Å². The molecule has 1 aliphatic carbocycles. The van der Waals surface area contributed by atoms with Crippen LogP contribution in [0.15, 0.2) is 0 Å². The molecule has 0 bridgehead atoms. The highest BCUT2D eigenvalue weighted by Crippen LogP contribution is 2.39. The highest BCUT2D eigenvalue weighted by Gasteiger charge is 2.36. The molecule has 0 aliphatic heterocycles. The molecule has 0 radical (unpaired) electrons. The van der Waals surface area contributed by atoms with Crippen LogP contribution < -0.4 is 0 Å². The predicted molar refractivity (Wildman–Crippen MR) is 85.0 cm³/mol. The average molecular weight is 335 g/mol. The van der Waals surface area contributed by atoms with E-state index in [-0.39, 0.29) is 11.2 Å². The molecule has 19 heavy (non-hydrogen) atoms. The van der Waals surface area contributed by atoms with Gasteiger partial charge < -0.3 is 9.47 Å². The molecule has 0 aromatic carbocycles. The molecule has 1 rings (SSSR count). The monoisotopic (exact) mass is 334 g/mol. The second kappa shape index (κ2) is 7.42. The summed E-state index contributed by atoms with van der Waals surface area (Å²) in [5, 5.41) is 0.957. The quantitative estimate of drug-likeness (QED) is 0.622. The van der Waals surface area contributed by atoms with Crippen molar-refractivity contribution >= 4 is 15.9 Å². The molecule has 0 aromatic rings. The van der Waals surface area contributed by atoms with E-state index < -0.39 is 0 Å². The maximum Gasteiger partial charge on any atom is 0.0779 e. The first-order valence-electron chi connectivity index (χ1n) is 7.59. The topological polar surface area (TPSA) is 18.5 Å². The van der Waals surface area contributed by atoms with Gasteiger partial charge in [0, 0.05) is 12.4 Å². The Balaban J connectivity index is 2.41. The van der Waals surface area contributed by atoms with E-state index in [1.807, 2.05) is 0 Å². The highest BCUT2D eigenvalue weighted by atomic mass is 79.9. The molecular weight excluding hydrogens is 304 g/mol. The second-order valence-corrected chi connectivity index (χ2v) is 7.52. The number of hydrogen-bond acceptors (Lipinski definition) is 2. The summed E-state index contributed by atoms with van der Waals surface area (Å²) < 4.78 is 11.7. The fourth-order valence-electron chi connectivity index (χ4n) is 2.76. The molecule has 0 saturated heterocycles. The molecule has 0 heterocycles. The van der Waals surface area contributed by atoms with Crippen LogP contribution in [0.2, 0.25) is 0 Å². The molecule has 0 N–H and O–H groups in total. The maximum absolute atomic E-state index is 6.26. The smallest absolute Gasteiger partial charge is 0.0779 e. The van der Waals surface area contributed by atoms with Gasteiger partial charge in [0.1, 0.15) is 0 Å². The van der Waals surface area contributed by atoms with Gasteiger partial charge in [-0.25, -0.2) is 0 Å². The van der Waals surface area contributed by atoms with Crippen LogP contribution in [0.25, 0.3) is 0 Å². The van der Waals surface area contributed by atoms with Gasteiger partial charge in [0.15, 0.2) is 0 Å². The molecule has 0 aromatic heterocycles. The third-order valence-corrected chi connectivity index (χ3v) is 5.81. The molecule has 0 spiro atoms. The van der Waals surface area contributed by atoms with Crippen molar-refractivity contribution in [2.45, 2.75) is 71.0 Å². The van der Waals surface area contributed by atoms with Crippen molar-refractivity contribution in [2.75, 3.05) is 19.0 Å². The molecule has 1 aliphatic rings. The van der Waals surface area contributed by atoms with Gasteiger partial charge in [0.25, 0.3) is 0 Å². The fraction of sp³-hybridized carbons (Fsp3) is 1.00. The van der Waals surface area contributed by atoms with Crippen LogP contribution in [0.4, 0.5) is 0 Å². The van der Waals surface area contributed by atoms with E-state index in [0.717, 1.165) is 30.2 Å². The van der Waals surface area contributed by atoms with E-state index in [0.29, 0.717) is 0 Å². The first kappa shape index (κ1) is 17.5. The van der Waals surface area contributed by atoms with Crippen LogP contribution in [0, 0.1) is 11.8 Å². The van der Waals surface area contributed by atoms with E-state index >= 15 is 0 Å². The summed E-state index contributed by atoms with van der Waals surface area (Å²) in [4.78, 5) is 0. The minimum absolute atomic E-state index is 0.0647. The highest BCUT2D eigenvalue weighted by molar-refractivity contribution is 9.09. The molecule has 1 fully saturated rings. The van der Waals surface area contributed by atoms with Crippen LogP contribution in [-0.2, 0) is 9.47 Å². The van der Waals surface area contributed by atoms with Crippen molar-refractivity contribution < 1.29 is 9.47 Å². The Labute approximate surface area is 127 Å². The first-order valence-corrected chi connectivity index (χ1v) is 8.71. The van der Waals surface area contributed by atoms with E-state index in [2.05, 4.69) is 43.6 Å². The molecule has 0 unspecified atom stereocenters. The Morgan fingerprint density at radius 2 is 1.84 bits per heavy atom. The summed E-state index contributed by atoms with van der Waals surface area (Å²) in [6.07, 6.45) is 5.93. The minimum Gasteiger partial charge on any atom is -0.379 e. The second-order valence-electron chi connectivity index (χ2n) is 6.96. The third kappa shape index (κ3) is 5.35. The minimum atomic E-state index is -0.0807. The number of rotatable bonds is 7. The Hall–Kier alpha value is 0.400. The standard InChI is InChI=1S/C16H31BrO2/c1-13(2)14-6-8-16(12-17,9-7-14)19-11-10-15(3,4)18-5/h13-14H,6-12H2,1-5H3. The van der Waals surface area contributed by atoms with Gasteiger partial charge in [0.2, 0.25) is 0 Å². The zero-order valence-electron chi connectivity index (χ0n) is 13.3. The normalized spacial score (nSPS) is 28.9. The van der Waals surface area contributed by atoms with Crippen molar-refractivity contribution in [1.82, 2.24) is 0 Å². The molecule has 0 amide bonds. The fourth-order valence-corrected chi connectivity index (χ4v) is 3.49. The SMILES string of the molecule is COC(C)(C)CCOC1(CBr)CCC(C(C)C)CC1. The molecule has 2 nitrogen and oxygen atoms in total. The molecular formula is C16H31BrO2. The Bertz CT molecular complexity index is 255. The van der Waals surface area contributed by atoms with Crippen molar-refractivity contribution in [3.63, 3.8) is 0 Å². The summed E-state index contributed by atoms with van der Waals surface area (Å²) >= 11 is 3.67. The van der Waals surface area contributed by atoms with Crippen LogP contribution in [-0.4, -0.2) is 30.2 Å². The summed E-state index contributed by atoms with van der Waals surface area (Å²) in [6, 6.07) is 0. The lowest BCUT2D eigenvalue weighted by atomic mass is 9.75. The number of methoxy groups -OCH3 is 1. The van der Waals surface area contributed by atoms with Crippen molar-refractivity contribution in [2.24, 2.45) is 11.8 Å². The zero-order chi connectivity index (χ0) is 14.5. The molecule has 3 heteroatoms. The molecule has 0 atom stereocenters. The largest absolute Gasteiger partial charge is 0.379 e. The van der Waals surface area contributed by atoms with Crippen LogP contribution in [0.1, 0.15) is 59.8 Å². The summed E-state index contributed by atoms with van der Waals surface area (Å²) in [6.45, 7) is 9.71. The van der Waals surface area contributed by atoms with Gasteiger partial charge in [-0.1, -0.05) is 29.8 Å². The summed E-state index contributed by atoms with van der Waals surface area (Å²) in [5.74, 6) is 1.69. The lowest BCUT2D eigenvalue weighted by molar-refractivity contribution is -0.0862. The average Bonchev–Trinajstić information content (AvgIpc) is 2.39. The third-order valence-electron chi connectivity index (χ3n) is 4.79. The zero-order valence-corrected chi connectivity index (χ0v) is 14.9. The first-order chi connectivity index (χ1) is 8.84. The molecule has 1 saturated carbocycles. The lowest BCUT2D eigenvalue weighted by Crippen LogP contribution is -2.41. The van der Waals surface area contributed by atoms with Crippen LogP contribution >= 0.6 is 15.9 Å². The number of hydrogen-bond donors (Lipinski definition) is 0. The van der Waals surface area contributed by atoms with Crippen LogP contribution in [0.5, 0.6) is 0 Å². The van der Waals surface area contributed by atoms with Crippen LogP contribution in [0.3, 0.4) is 0 Å². The van der Waals surface area contributed by atoms with E-state index in [1.165, 1.54) is 25.7 Å². The maximum atomic E-state index is 6.26. The number of alkyl halides is 1. The van der Waals surface area contributed by atoms with E-state index in [9.17, 15) is 0 Å². The predicted octanol–water partition coefficient (Wildman–Crippen LogP) is 4.80. The van der Waals surface area contributed by atoms with Gasteiger partial charge in [-0.3, -0.25) is 0 Å². The lowest BCUT2D eigenvalue weighted by Gasteiger charge is -2.40. The van der Waals surface area contributed by atoms with Gasteiger partial charge >= 0.3 is 0 Å². The van der Waals surface area contributed by atoms with Crippen molar-refractivity contribution in [3.8, 4) is 0 Å².